The number of hydrogen-bond donors (Lipinski definition) is 2. The molecule has 0 atom stereocenters. The van der Waals surface area contributed by atoms with Crippen LogP contribution in [0.4, 0.5) is 0 Å². The predicted molar refractivity (Wildman–Crippen MR) is 73.0 cm³/mol. The highest BCUT2D eigenvalue weighted by molar-refractivity contribution is 5.93. The van der Waals surface area contributed by atoms with Crippen molar-refractivity contribution in [2.24, 2.45) is 5.73 Å². The number of fused-ring (bicyclic) bond motifs is 1. The first kappa shape index (κ1) is 13.5. The lowest BCUT2D eigenvalue weighted by Crippen LogP contribution is -2.45. The molecular formula is C13H19N5O. The van der Waals surface area contributed by atoms with Gasteiger partial charge in [0, 0.05) is 30.5 Å². The van der Waals surface area contributed by atoms with Gasteiger partial charge in [0.1, 0.15) is 0 Å². The van der Waals surface area contributed by atoms with Gasteiger partial charge in [0.25, 0.3) is 5.91 Å². The molecule has 0 saturated carbocycles. The SMILES string of the molecule is CCc1cc2ncc(C(=O)NCC(C)(C)N)cn2n1. The van der Waals surface area contributed by atoms with Crippen LogP contribution in [-0.2, 0) is 6.42 Å². The third-order valence-corrected chi connectivity index (χ3v) is 2.69. The molecule has 6 heteroatoms. The second-order valence-corrected chi connectivity index (χ2v) is 5.31. The average molecular weight is 261 g/mol. The molecule has 6 nitrogen and oxygen atoms in total. The molecule has 0 radical (unpaired) electrons. The van der Waals surface area contributed by atoms with E-state index < -0.39 is 5.54 Å². The van der Waals surface area contributed by atoms with E-state index in [4.69, 9.17) is 5.73 Å². The molecule has 0 aliphatic heterocycles. The van der Waals surface area contributed by atoms with E-state index in [-0.39, 0.29) is 5.91 Å². The maximum absolute atomic E-state index is 12.0. The van der Waals surface area contributed by atoms with Crippen LogP contribution in [0, 0.1) is 0 Å². The number of aromatic nitrogens is 3. The van der Waals surface area contributed by atoms with Gasteiger partial charge in [0.2, 0.25) is 0 Å². The molecule has 0 fully saturated rings. The summed E-state index contributed by atoms with van der Waals surface area (Å²) in [5, 5.41) is 7.11. The monoisotopic (exact) mass is 261 g/mol. The number of nitrogens with two attached hydrogens (primary N) is 1. The van der Waals surface area contributed by atoms with Gasteiger partial charge in [-0.05, 0) is 20.3 Å². The molecule has 1 amide bonds. The Balaban J connectivity index is 2.18. The van der Waals surface area contributed by atoms with E-state index in [0.29, 0.717) is 12.1 Å². The minimum absolute atomic E-state index is 0.193. The number of carbonyl (C=O) groups excluding carboxylic acids is 1. The molecular weight excluding hydrogens is 242 g/mol. The summed E-state index contributed by atoms with van der Waals surface area (Å²) in [5.74, 6) is -0.193. The summed E-state index contributed by atoms with van der Waals surface area (Å²) in [7, 11) is 0. The molecule has 0 spiro atoms. The topological polar surface area (TPSA) is 85.3 Å². The van der Waals surface area contributed by atoms with E-state index in [9.17, 15) is 4.79 Å². The van der Waals surface area contributed by atoms with Crippen LogP contribution in [-0.4, -0.2) is 32.6 Å². The van der Waals surface area contributed by atoms with Crippen molar-refractivity contribution >= 4 is 11.6 Å². The summed E-state index contributed by atoms with van der Waals surface area (Å²) >= 11 is 0. The molecule has 2 aromatic rings. The molecule has 102 valence electrons. The van der Waals surface area contributed by atoms with E-state index in [1.807, 2.05) is 26.8 Å². The fourth-order valence-electron chi connectivity index (χ4n) is 1.63. The average Bonchev–Trinajstić information content (AvgIpc) is 2.76. The van der Waals surface area contributed by atoms with Crippen LogP contribution in [0.3, 0.4) is 0 Å². The summed E-state index contributed by atoms with van der Waals surface area (Å²) in [5.41, 5.74) is 7.56. The van der Waals surface area contributed by atoms with Gasteiger partial charge in [-0.25, -0.2) is 9.50 Å². The standard InChI is InChI=1S/C13H19N5O/c1-4-10-5-11-15-6-9(7-18(11)17-10)12(19)16-8-13(2,3)14/h5-7H,4,8,14H2,1-3H3,(H,16,19). The second kappa shape index (κ2) is 4.97. The maximum Gasteiger partial charge on any atom is 0.254 e. The zero-order valence-electron chi connectivity index (χ0n) is 11.5. The summed E-state index contributed by atoms with van der Waals surface area (Å²) in [6.45, 7) is 6.15. The van der Waals surface area contributed by atoms with Crippen LogP contribution in [0.25, 0.3) is 5.65 Å². The smallest absolute Gasteiger partial charge is 0.254 e. The highest BCUT2D eigenvalue weighted by Crippen LogP contribution is 2.06. The third-order valence-electron chi connectivity index (χ3n) is 2.69. The Morgan fingerprint density at radius 2 is 2.26 bits per heavy atom. The first-order valence-electron chi connectivity index (χ1n) is 6.30. The first-order chi connectivity index (χ1) is 8.89. The van der Waals surface area contributed by atoms with Crippen molar-refractivity contribution in [1.29, 1.82) is 0 Å². The molecule has 0 saturated heterocycles. The summed E-state index contributed by atoms with van der Waals surface area (Å²) in [4.78, 5) is 16.2. The Morgan fingerprint density at radius 3 is 2.89 bits per heavy atom. The minimum atomic E-state index is -0.436. The number of nitrogens with zero attached hydrogens (tertiary/aromatic N) is 3. The largest absolute Gasteiger partial charge is 0.350 e. The normalized spacial score (nSPS) is 11.8. The van der Waals surface area contributed by atoms with Crippen molar-refractivity contribution in [1.82, 2.24) is 19.9 Å². The van der Waals surface area contributed by atoms with Crippen molar-refractivity contribution < 1.29 is 4.79 Å². The fraction of sp³-hybridized carbons (Fsp3) is 0.462. The Bertz CT molecular complexity index is 597. The lowest BCUT2D eigenvalue weighted by molar-refractivity contribution is 0.0945. The number of rotatable bonds is 4. The Labute approximate surface area is 112 Å². The van der Waals surface area contributed by atoms with Crippen LogP contribution in [0.15, 0.2) is 18.5 Å². The molecule has 2 rings (SSSR count). The Hall–Kier alpha value is -1.95. The van der Waals surface area contributed by atoms with Gasteiger partial charge in [-0.3, -0.25) is 4.79 Å². The molecule has 0 aliphatic carbocycles. The molecule has 0 bridgehead atoms. The fourth-order valence-corrected chi connectivity index (χ4v) is 1.63. The Kier molecular flexibility index (Phi) is 3.53. The van der Waals surface area contributed by atoms with Gasteiger partial charge in [0.05, 0.1) is 11.3 Å². The lowest BCUT2D eigenvalue weighted by Gasteiger charge is -2.18. The van der Waals surface area contributed by atoms with E-state index in [1.54, 1.807) is 16.9 Å². The third kappa shape index (κ3) is 3.29. The van der Waals surface area contributed by atoms with Gasteiger partial charge < -0.3 is 11.1 Å². The maximum atomic E-state index is 12.0. The number of nitrogens with one attached hydrogen (secondary N) is 1. The van der Waals surface area contributed by atoms with Crippen molar-refractivity contribution in [3.63, 3.8) is 0 Å². The lowest BCUT2D eigenvalue weighted by atomic mass is 10.1. The molecule has 19 heavy (non-hydrogen) atoms. The van der Waals surface area contributed by atoms with Crippen LogP contribution in [0.1, 0.15) is 36.8 Å². The van der Waals surface area contributed by atoms with Crippen LogP contribution >= 0.6 is 0 Å². The molecule has 2 heterocycles. The van der Waals surface area contributed by atoms with Crippen LogP contribution in [0.2, 0.25) is 0 Å². The van der Waals surface area contributed by atoms with E-state index >= 15 is 0 Å². The van der Waals surface area contributed by atoms with Crippen LogP contribution < -0.4 is 11.1 Å². The molecule has 2 aromatic heterocycles. The Morgan fingerprint density at radius 1 is 1.53 bits per heavy atom. The molecule has 3 N–H and O–H groups in total. The highest BCUT2D eigenvalue weighted by atomic mass is 16.1. The second-order valence-electron chi connectivity index (χ2n) is 5.31. The molecule has 0 aliphatic rings. The number of carbonyl (C=O) groups is 1. The van der Waals surface area contributed by atoms with E-state index in [0.717, 1.165) is 17.8 Å². The predicted octanol–water partition coefficient (Wildman–Crippen LogP) is 0.759. The molecule has 0 unspecified atom stereocenters. The summed E-state index contributed by atoms with van der Waals surface area (Å²) in [6.07, 6.45) is 4.07. The zero-order chi connectivity index (χ0) is 14.0. The minimum Gasteiger partial charge on any atom is -0.350 e. The number of hydrogen-bond acceptors (Lipinski definition) is 4. The van der Waals surface area contributed by atoms with Crippen molar-refractivity contribution in [3.05, 3.63) is 29.7 Å². The van der Waals surface area contributed by atoms with Crippen LogP contribution in [0.5, 0.6) is 0 Å². The summed E-state index contributed by atoms with van der Waals surface area (Å²) < 4.78 is 1.63. The van der Waals surface area contributed by atoms with Gasteiger partial charge in [-0.1, -0.05) is 6.92 Å². The number of amides is 1. The van der Waals surface area contributed by atoms with E-state index in [2.05, 4.69) is 15.4 Å². The van der Waals surface area contributed by atoms with Crippen molar-refractivity contribution in [2.75, 3.05) is 6.54 Å². The zero-order valence-corrected chi connectivity index (χ0v) is 11.5. The van der Waals surface area contributed by atoms with Gasteiger partial charge in [0.15, 0.2) is 5.65 Å². The highest BCUT2D eigenvalue weighted by Gasteiger charge is 2.14. The van der Waals surface area contributed by atoms with Crippen molar-refractivity contribution in [2.45, 2.75) is 32.7 Å². The van der Waals surface area contributed by atoms with E-state index in [1.165, 1.54) is 0 Å². The quantitative estimate of drug-likeness (QED) is 0.850. The first-order valence-corrected chi connectivity index (χ1v) is 6.30. The van der Waals surface area contributed by atoms with Gasteiger partial charge in [-0.2, -0.15) is 5.10 Å². The van der Waals surface area contributed by atoms with Gasteiger partial charge >= 0.3 is 0 Å². The molecule has 0 aromatic carbocycles. The van der Waals surface area contributed by atoms with Gasteiger partial charge in [-0.15, -0.1) is 0 Å². The van der Waals surface area contributed by atoms with Crippen molar-refractivity contribution in [3.8, 4) is 0 Å². The number of aryl methyl sites for hydroxylation is 1. The summed E-state index contributed by atoms with van der Waals surface area (Å²) in [6, 6.07) is 1.91.